The summed E-state index contributed by atoms with van der Waals surface area (Å²) in [4.78, 5) is 22.8. The van der Waals surface area contributed by atoms with Crippen LogP contribution in [0.25, 0.3) is 11.3 Å². The van der Waals surface area contributed by atoms with E-state index in [2.05, 4.69) is 35.9 Å². The van der Waals surface area contributed by atoms with Crippen molar-refractivity contribution in [3.8, 4) is 17.1 Å². The molecule has 186 valence electrons. The monoisotopic (exact) mass is 477 g/mol. The molecule has 7 heteroatoms. The first-order valence-electron chi connectivity index (χ1n) is 11.7. The lowest BCUT2D eigenvalue weighted by atomic mass is 10.00. The van der Waals surface area contributed by atoms with Crippen molar-refractivity contribution >= 4 is 6.09 Å². The standard InChI is InChI=1S/C28H35N3O4/c1-20-11-10-12-21(2)26(20)24-15-25(30-19-29-24)34-23(16-31(6)27(32)35-28(3,4)5)18-33-17-22-13-8-7-9-14-22/h7-15,19,23H,16-18H2,1-6H3. The number of carbonyl (C=O) groups is 1. The van der Waals surface area contributed by atoms with Crippen LogP contribution in [0.1, 0.15) is 37.5 Å². The van der Waals surface area contributed by atoms with Gasteiger partial charge in [-0.3, -0.25) is 0 Å². The van der Waals surface area contributed by atoms with Gasteiger partial charge in [0.05, 0.1) is 25.5 Å². The van der Waals surface area contributed by atoms with Gasteiger partial charge in [-0.05, 0) is 51.3 Å². The third kappa shape index (κ3) is 8.07. The summed E-state index contributed by atoms with van der Waals surface area (Å²) in [5.41, 5.74) is 4.58. The zero-order valence-corrected chi connectivity index (χ0v) is 21.4. The van der Waals surface area contributed by atoms with Crippen LogP contribution in [0.15, 0.2) is 60.9 Å². The number of hydrogen-bond acceptors (Lipinski definition) is 6. The van der Waals surface area contributed by atoms with E-state index in [9.17, 15) is 4.79 Å². The van der Waals surface area contributed by atoms with Crippen LogP contribution >= 0.6 is 0 Å². The van der Waals surface area contributed by atoms with E-state index in [1.54, 1.807) is 7.05 Å². The zero-order valence-electron chi connectivity index (χ0n) is 21.4. The smallest absolute Gasteiger partial charge is 0.410 e. The lowest BCUT2D eigenvalue weighted by molar-refractivity contribution is 0.00359. The van der Waals surface area contributed by atoms with Gasteiger partial charge < -0.3 is 19.1 Å². The third-order valence-electron chi connectivity index (χ3n) is 5.26. The number of aromatic nitrogens is 2. The minimum atomic E-state index is -0.585. The molecule has 0 N–H and O–H groups in total. The number of likely N-dealkylation sites (N-methyl/N-ethyl adjacent to an activating group) is 1. The summed E-state index contributed by atoms with van der Waals surface area (Å²) in [5.74, 6) is 0.420. The molecule has 0 saturated heterocycles. The Balaban J connectivity index is 1.75. The lowest BCUT2D eigenvalue weighted by Crippen LogP contribution is -2.42. The molecule has 35 heavy (non-hydrogen) atoms. The van der Waals surface area contributed by atoms with Crippen LogP contribution in [0.4, 0.5) is 4.79 Å². The van der Waals surface area contributed by atoms with Crippen LogP contribution in [0.3, 0.4) is 0 Å². The molecule has 2 aromatic carbocycles. The van der Waals surface area contributed by atoms with Gasteiger partial charge in [-0.25, -0.2) is 14.8 Å². The fraction of sp³-hybridized carbons (Fsp3) is 0.393. The molecule has 0 aliphatic heterocycles. The van der Waals surface area contributed by atoms with E-state index in [0.717, 1.165) is 27.9 Å². The quantitative estimate of drug-likeness (QED) is 0.400. The highest BCUT2D eigenvalue weighted by Crippen LogP contribution is 2.27. The first-order valence-corrected chi connectivity index (χ1v) is 11.7. The van der Waals surface area contributed by atoms with Crippen LogP contribution < -0.4 is 4.74 Å². The van der Waals surface area contributed by atoms with Gasteiger partial charge in [0, 0.05) is 18.7 Å². The molecule has 1 atom stereocenters. The van der Waals surface area contributed by atoms with E-state index in [1.165, 1.54) is 11.2 Å². The van der Waals surface area contributed by atoms with Gasteiger partial charge in [-0.2, -0.15) is 0 Å². The molecule has 1 amide bonds. The minimum Gasteiger partial charge on any atom is -0.470 e. The zero-order chi connectivity index (χ0) is 25.4. The van der Waals surface area contributed by atoms with Gasteiger partial charge >= 0.3 is 6.09 Å². The van der Waals surface area contributed by atoms with Crippen molar-refractivity contribution in [3.05, 3.63) is 77.6 Å². The largest absolute Gasteiger partial charge is 0.470 e. The average Bonchev–Trinajstić information content (AvgIpc) is 2.79. The summed E-state index contributed by atoms with van der Waals surface area (Å²) < 4.78 is 17.7. The highest BCUT2D eigenvalue weighted by atomic mass is 16.6. The Morgan fingerprint density at radius 2 is 1.69 bits per heavy atom. The molecular weight excluding hydrogens is 442 g/mol. The second-order valence-electron chi connectivity index (χ2n) is 9.61. The topological polar surface area (TPSA) is 73.8 Å². The van der Waals surface area contributed by atoms with Gasteiger partial charge in [-0.1, -0.05) is 48.5 Å². The molecular formula is C28H35N3O4. The Morgan fingerprint density at radius 1 is 1.00 bits per heavy atom. The van der Waals surface area contributed by atoms with Crippen LogP contribution in [0.5, 0.6) is 5.88 Å². The van der Waals surface area contributed by atoms with Crippen molar-refractivity contribution in [2.45, 2.75) is 52.9 Å². The first kappa shape index (κ1) is 26.2. The fourth-order valence-electron chi connectivity index (χ4n) is 3.66. The molecule has 0 fully saturated rings. The van der Waals surface area contributed by atoms with Crippen molar-refractivity contribution in [2.75, 3.05) is 20.2 Å². The summed E-state index contributed by atoms with van der Waals surface area (Å²) >= 11 is 0. The van der Waals surface area contributed by atoms with Crippen molar-refractivity contribution in [1.82, 2.24) is 14.9 Å². The van der Waals surface area contributed by atoms with E-state index >= 15 is 0 Å². The molecule has 7 nitrogen and oxygen atoms in total. The fourth-order valence-corrected chi connectivity index (χ4v) is 3.66. The molecule has 1 unspecified atom stereocenters. The number of carbonyl (C=O) groups excluding carboxylic acids is 1. The Kier molecular flexibility index (Phi) is 8.82. The Morgan fingerprint density at radius 3 is 2.34 bits per heavy atom. The highest BCUT2D eigenvalue weighted by molar-refractivity contribution is 5.68. The van der Waals surface area contributed by atoms with Crippen molar-refractivity contribution in [3.63, 3.8) is 0 Å². The molecule has 0 spiro atoms. The van der Waals surface area contributed by atoms with Crippen molar-refractivity contribution < 1.29 is 19.0 Å². The normalized spacial score (nSPS) is 12.2. The molecule has 1 aromatic heterocycles. The summed E-state index contributed by atoms with van der Waals surface area (Å²) in [6, 6.07) is 17.9. The third-order valence-corrected chi connectivity index (χ3v) is 5.26. The van der Waals surface area contributed by atoms with E-state index in [1.807, 2.05) is 63.2 Å². The first-order chi connectivity index (χ1) is 16.6. The summed E-state index contributed by atoms with van der Waals surface area (Å²) in [6.45, 7) is 10.6. The van der Waals surface area contributed by atoms with Gasteiger partial charge in [0.25, 0.3) is 0 Å². The van der Waals surface area contributed by atoms with E-state index in [-0.39, 0.29) is 13.2 Å². The summed E-state index contributed by atoms with van der Waals surface area (Å²) in [5, 5.41) is 0. The van der Waals surface area contributed by atoms with Gasteiger partial charge in [0.15, 0.2) is 0 Å². The Labute approximate surface area is 208 Å². The average molecular weight is 478 g/mol. The van der Waals surface area contributed by atoms with Crippen LogP contribution in [-0.4, -0.2) is 52.9 Å². The number of aryl methyl sites for hydroxylation is 2. The number of hydrogen-bond donors (Lipinski definition) is 0. The van der Waals surface area contributed by atoms with Crippen molar-refractivity contribution in [1.29, 1.82) is 0 Å². The molecule has 0 aliphatic rings. The minimum absolute atomic E-state index is 0.269. The van der Waals surface area contributed by atoms with Gasteiger partial charge in [0.1, 0.15) is 18.0 Å². The molecule has 3 rings (SSSR count). The second-order valence-corrected chi connectivity index (χ2v) is 9.61. The summed E-state index contributed by atoms with van der Waals surface area (Å²) in [7, 11) is 1.68. The van der Waals surface area contributed by atoms with E-state index in [4.69, 9.17) is 14.2 Å². The highest BCUT2D eigenvalue weighted by Gasteiger charge is 2.23. The molecule has 0 bridgehead atoms. The van der Waals surface area contributed by atoms with Gasteiger partial charge in [-0.15, -0.1) is 0 Å². The lowest BCUT2D eigenvalue weighted by Gasteiger charge is -2.27. The molecule has 0 radical (unpaired) electrons. The number of nitrogens with zero attached hydrogens (tertiary/aromatic N) is 3. The maximum atomic E-state index is 12.5. The molecule has 1 heterocycles. The second kappa shape index (κ2) is 11.8. The van der Waals surface area contributed by atoms with Crippen LogP contribution in [-0.2, 0) is 16.1 Å². The molecule has 0 saturated carbocycles. The van der Waals surface area contributed by atoms with Crippen molar-refractivity contribution in [2.24, 2.45) is 0 Å². The Hall–Kier alpha value is -3.45. The Bertz CT molecular complexity index is 1090. The van der Waals surface area contributed by atoms with Crippen LogP contribution in [0.2, 0.25) is 0 Å². The van der Waals surface area contributed by atoms with Crippen LogP contribution in [0, 0.1) is 13.8 Å². The number of ether oxygens (including phenoxy) is 3. The summed E-state index contributed by atoms with van der Waals surface area (Å²) in [6.07, 6.45) is 0.612. The number of amides is 1. The van der Waals surface area contributed by atoms with Gasteiger partial charge in [0.2, 0.25) is 5.88 Å². The predicted molar refractivity (Wildman–Crippen MR) is 136 cm³/mol. The maximum Gasteiger partial charge on any atom is 0.410 e. The SMILES string of the molecule is Cc1cccc(C)c1-c1cc(OC(COCc2ccccc2)CN(C)C(=O)OC(C)(C)C)ncn1. The number of rotatable bonds is 9. The number of benzene rings is 2. The molecule has 0 aliphatic carbocycles. The van der Waals surface area contributed by atoms with E-state index in [0.29, 0.717) is 12.5 Å². The maximum absolute atomic E-state index is 12.5. The molecule has 3 aromatic rings. The predicted octanol–water partition coefficient (Wildman–Crippen LogP) is 5.59. The van der Waals surface area contributed by atoms with E-state index < -0.39 is 17.8 Å².